The van der Waals surface area contributed by atoms with Gasteiger partial charge < -0.3 is 0 Å². The molecule has 0 aromatic heterocycles. The van der Waals surface area contributed by atoms with Gasteiger partial charge in [-0.2, -0.15) is 8.42 Å². The Morgan fingerprint density at radius 1 is 1.27 bits per heavy atom. The van der Waals surface area contributed by atoms with Crippen molar-refractivity contribution in [3.05, 3.63) is 35.9 Å². The lowest BCUT2D eigenvalue weighted by atomic mass is 10.2. The largest absolute Gasteiger partial charge is 0.286 e. The minimum atomic E-state index is -3.98. The molecule has 0 aliphatic heterocycles. The summed E-state index contributed by atoms with van der Waals surface area (Å²) in [6, 6.07) is 8.57. The van der Waals surface area contributed by atoms with E-state index in [1.165, 1.54) is 0 Å². The first-order valence-electron chi connectivity index (χ1n) is 4.16. The van der Waals surface area contributed by atoms with Gasteiger partial charge in [0.15, 0.2) is 0 Å². The van der Waals surface area contributed by atoms with Crippen LogP contribution in [0, 0.1) is 0 Å². The molecule has 0 unspecified atom stereocenters. The Kier molecular flexibility index (Phi) is 4.31. The van der Waals surface area contributed by atoms with Gasteiger partial charge >= 0.3 is 0 Å². The summed E-state index contributed by atoms with van der Waals surface area (Å²) in [6.07, 6.45) is 0. The molecule has 0 heterocycles. The minimum absolute atomic E-state index is 0.0621. The summed E-state index contributed by atoms with van der Waals surface area (Å²) in [5.74, 6) is -0.344. The van der Waals surface area contributed by atoms with E-state index in [2.05, 4.69) is 0 Å². The predicted molar refractivity (Wildman–Crippen MR) is 59.6 cm³/mol. The smallest absolute Gasteiger partial charge is 0.265 e. The molecule has 4 nitrogen and oxygen atoms in total. The fourth-order valence-corrected chi connectivity index (χ4v) is 2.56. The summed E-state index contributed by atoms with van der Waals surface area (Å²) >= 11 is 0.878. The highest BCUT2D eigenvalue weighted by molar-refractivity contribution is 8.14. The summed E-state index contributed by atoms with van der Waals surface area (Å²) in [4.78, 5) is 11.4. The SMILES string of the molecule is O=C(SCCS(=O)(=O)O)c1ccccc1. The molecule has 0 bridgehead atoms. The van der Waals surface area contributed by atoms with E-state index in [9.17, 15) is 13.2 Å². The average Bonchev–Trinajstić information content (AvgIpc) is 2.17. The summed E-state index contributed by atoms with van der Waals surface area (Å²) < 4.78 is 29.2. The van der Waals surface area contributed by atoms with Crippen LogP contribution in [0.15, 0.2) is 30.3 Å². The van der Waals surface area contributed by atoms with Crippen LogP contribution in [-0.2, 0) is 10.1 Å². The number of rotatable bonds is 4. The molecule has 6 heteroatoms. The Morgan fingerprint density at radius 3 is 2.40 bits per heavy atom. The normalized spacial score (nSPS) is 11.3. The second kappa shape index (κ2) is 5.29. The maximum Gasteiger partial charge on any atom is 0.265 e. The second-order valence-electron chi connectivity index (χ2n) is 2.79. The Hall–Kier alpha value is -0.850. The van der Waals surface area contributed by atoms with Crippen LogP contribution in [0.5, 0.6) is 0 Å². The van der Waals surface area contributed by atoms with Gasteiger partial charge in [0.05, 0.1) is 5.75 Å². The zero-order chi connectivity index (χ0) is 11.3. The molecule has 0 amide bonds. The van der Waals surface area contributed by atoms with Crippen molar-refractivity contribution in [2.45, 2.75) is 0 Å². The van der Waals surface area contributed by atoms with E-state index >= 15 is 0 Å². The van der Waals surface area contributed by atoms with Crippen molar-refractivity contribution in [3.63, 3.8) is 0 Å². The van der Waals surface area contributed by atoms with E-state index in [0.29, 0.717) is 5.56 Å². The van der Waals surface area contributed by atoms with Gasteiger partial charge in [0, 0.05) is 11.3 Å². The number of benzene rings is 1. The molecule has 0 aliphatic carbocycles. The summed E-state index contributed by atoms with van der Waals surface area (Å²) in [6.45, 7) is 0. The molecule has 0 atom stereocenters. The average molecular weight is 246 g/mol. The maximum absolute atomic E-state index is 11.4. The van der Waals surface area contributed by atoms with E-state index < -0.39 is 15.9 Å². The number of carbonyl (C=O) groups is 1. The van der Waals surface area contributed by atoms with Crippen LogP contribution in [0.2, 0.25) is 0 Å². The van der Waals surface area contributed by atoms with Crippen molar-refractivity contribution < 1.29 is 17.8 Å². The van der Waals surface area contributed by atoms with E-state index in [1.54, 1.807) is 30.3 Å². The highest BCUT2D eigenvalue weighted by atomic mass is 32.2. The van der Waals surface area contributed by atoms with Crippen molar-refractivity contribution in [1.82, 2.24) is 0 Å². The molecule has 0 spiro atoms. The lowest BCUT2D eigenvalue weighted by Crippen LogP contribution is -2.07. The molecule has 0 saturated carbocycles. The zero-order valence-corrected chi connectivity index (χ0v) is 9.42. The van der Waals surface area contributed by atoms with E-state index in [-0.39, 0.29) is 10.9 Å². The topological polar surface area (TPSA) is 71.4 Å². The molecule has 0 aliphatic rings. The van der Waals surface area contributed by atoms with Gasteiger partial charge in [-0.25, -0.2) is 0 Å². The lowest BCUT2D eigenvalue weighted by Gasteiger charge is -1.99. The number of hydrogen-bond acceptors (Lipinski definition) is 4. The van der Waals surface area contributed by atoms with Gasteiger partial charge in [0.2, 0.25) is 5.12 Å². The minimum Gasteiger partial charge on any atom is -0.286 e. The van der Waals surface area contributed by atoms with Gasteiger partial charge in [-0.3, -0.25) is 9.35 Å². The third kappa shape index (κ3) is 4.96. The van der Waals surface area contributed by atoms with E-state index in [0.717, 1.165) is 11.8 Å². The predicted octanol–water partition coefficient (Wildman–Crippen LogP) is 1.45. The van der Waals surface area contributed by atoms with Crippen molar-refractivity contribution in [2.75, 3.05) is 11.5 Å². The molecule has 1 aromatic carbocycles. The number of hydrogen-bond donors (Lipinski definition) is 1. The van der Waals surface area contributed by atoms with Crippen LogP contribution in [-0.4, -0.2) is 29.6 Å². The summed E-state index contributed by atoms with van der Waals surface area (Å²) in [5, 5.41) is -0.195. The van der Waals surface area contributed by atoms with Gasteiger partial charge in [-0.05, 0) is 0 Å². The van der Waals surface area contributed by atoms with Crippen LogP contribution < -0.4 is 0 Å². The lowest BCUT2D eigenvalue weighted by molar-refractivity contribution is 0.108. The third-order valence-electron chi connectivity index (χ3n) is 1.58. The number of thioether (sulfide) groups is 1. The van der Waals surface area contributed by atoms with Crippen LogP contribution in [0.4, 0.5) is 0 Å². The van der Waals surface area contributed by atoms with Gasteiger partial charge in [0.25, 0.3) is 10.1 Å². The van der Waals surface area contributed by atoms with Crippen LogP contribution >= 0.6 is 11.8 Å². The monoisotopic (exact) mass is 246 g/mol. The summed E-state index contributed by atoms with van der Waals surface area (Å²) in [5.41, 5.74) is 0.526. The molecule has 0 saturated heterocycles. The van der Waals surface area contributed by atoms with E-state index in [4.69, 9.17) is 4.55 Å². The van der Waals surface area contributed by atoms with Crippen molar-refractivity contribution in [3.8, 4) is 0 Å². The first kappa shape index (κ1) is 12.2. The van der Waals surface area contributed by atoms with Crippen molar-refractivity contribution in [2.24, 2.45) is 0 Å². The molecule has 15 heavy (non-hydrogen) atoms. The Balaban J connectivity index is 2.45. The fraction of sp³-hybridized carbons (Fsp3) is 0.222. The molecule has 0 radical (unpaired) electrons. The Bertz CT molecular complexity index is 425. The van der Waals surface area contributed by atoms with Gasteiger partial charge in [-0.15, -0.1) is 0 Å². The molecule has 1 rings (SSSR count). The first-order valence-corrected chi connectivity index (χ1v) is 6.76. The van der Waals surface area contributed by atoms with Crippen LogP contribution in [0.1, 0.15) is 10.4 Å². The zero-order valence-electron chi connectivity index (χ0n) is 7.79. The standard InChI is InChI=1S/C9H10O4S2/c10-9(8-4-2-1-3-5-8)14-6-7-15(11,12)13/h1-5H,6-7H2,(H,11,12,13). The van der Waals surface area contributed by atoms with E-state index in [1.807, 2.05) is 0 Å². The highest BCUT2D eigenvalue weighted by Crippen LogP contribution is 2.12. The van der Waals surface area contributed by atoms with Crippen LogP contribution in [0.25, 0.3) is 0 Å². The number of carbonyl (C=O) groups excluding carboxylic acids is 1. The highest BCUT2D eigenvalue weighted by Gasteiger charge is 2.09. The molecular weight excluding hydrogens is 236 g/mol. The quantitative estimate of drug-likeness (QED) is 0.814. The maximum atomic E-state index is 11.4. The van der Waals surface area contributed by atoms with Crippen LogP contribution in [0.3, 0.4) is 0 Å². The Morgan fingerprint density at radius 2 is 1.87 bits per heavy atom. The van der Waals surface area contributed by atoms with Crippen molar-refractivity contribution >= 4 is 27.0 Å². The molecule has 0 fully saturated rings. The Labute approximate surface area is 92.4 Å². The molecule has 1 aromatic rings. The van der Waals surface area contributed by atoms with Crippen molar-refractivity contribution in [1.29, 1.82) is 0 Å². The second-order valence-corrected chi connectivity index (χ2v) is 5.43. The molecule has 1 N–H and O–H groups in total. The fourth-order valence-electron chi connectivity index (χ4n) is 0.897. The first-order chi connectivity index (χ1) is 6.99. The molecular formula is C9H10O4S2. The van der Waals surface area contributed by atoms with Gasteiger partial charge in [-0.1, -0.05) is 42.1 Å². The van der Waals surface area contributed by atoms with Gasteiger partial charge in [0.1, 0.15) is 0 Å². The molecule has 82 valence electrons. The third-order valence-corrected chi connectivity index (χ3v) is 3.47. The summed E-state index contributed by atoms with van der Waals surface area (Å²) in [7, 11) is -3.98.